The van der Waals surface area contributed by atoms with Crippen molar-refractivity contribution in [2.75, 3.05) is 20.1 Å². The molecule has 0 aliphatic carbocycles. The molecule has 94 valence electrons. The summed E-state index contributed by atoms with van der Waals surface area (Å²) in [5.74, 6) is -0.799. The zero-order chi connectivity index (χ0) is 12.2. The molecule has 1 fully saturated rings. The van der Waals surface area contributed by atoms with Gasteiger partial charge in [-0.2, -0.15) is 13.2 Å². The van der Waals surface area contributed by atoms with E-state index in [0.29, 0.717) is 13.1 Å². The summed E-state index contributed by atoms with van der Waals surface area (Å²) in [5, 5.41) is 2.91. The highest BCUT2D eigenvalue weighted by Gasteiger charge is 2.36. The highest BCUT2D eigenvalue weighted by atomic mass is 19.4. The molecule has 6 heteroatoms. The molecule has 0 bridgehead atoms. The molecule has 0 aromatic rings. The number of halogens is 3. The number of hydrogen-bond donors (Lipinski definition) is 1. The number of nitrogens with zero attached hydrogens (tertiary/aromatic N) is 1. The molecule has 3 nitrogen and oxygen atoms in total. The van der Waals surface area contributed by atoms with Crippen LogP contribution in [0.1, 0.15) is 25.7 Å². The lowest BCUT2D eigenvalue weighted by Gasteiger charge is -2.36. The summed E-state index contributed by atoms with van der Waals surface area (Å²) in [6.07, 6.45) is -3.19. The minimum absolute atomic E-state index is 0.0893. The zero-order valence-electron chi connectivity index (χ0n) is 9.31. The lowest BCUT2D eigenvalue weighted by Crippen LogP contribution is -2.49. The molecule has 0 saturated carbocycles. The average molecular weight is 238 g/mol. The van der Waals surface area contributed by atoms with E-state index >= 15 is 0 Å². The first-order chi connectivity index (χ1) is 7.44. The first kappa shape index (κ1) is 13.3. The number of likely N-dealkylation sites (tertiary alicyclic amines) is 1. The number of alkyl halides is 3. The Morgan fingerprint density at radius 1 is 1.44 bits per heavy atom. The van der Waals surface area contributed by atoms with Crippen LogP contribution < -0.4 is 5.32 Å². The van der Waals surface area contributed by atoms with E-state index in [-0.39, 0.29) is 6.04 Å². The summed E-state index contributed by atoms with van der Waals surface area (Å²) in [6, 6.07) is -0.0893. The van der Waals surface area contributed by atoms with Crippen LogP contribution in [0.15, 0.2) is 0 Å². The van der Waals surface area contributed by atoms with Crippen molar-refractivity contribution in [3.8, 4) is 0 Å². The average Bonchev–Trinajstić information content (AvgIpc) is 2.16. The number of amides is 1. The molecule has 1 unspecified atom stereocenters. The molecule has 1 heterocycles. The van der Waals surface area contributed by atoms with Gasteiger partial charge in [-0.3, -0.25) is 4.79 Å². The lowest BCUT2D eigenvalue weighted by molar-refractivity contribution is -0.163. The van der Waals surface area contributed by atoms with Crippen molar-refractivity contribution >= 4 is 5.91 Å². The number of rotatable bonds is 3. The van der Waals surface area contributed by atoms with Gasteiger partial charge in [-0.1, -0.05) is 0 Å². The second kappa shape index (κ2) is 5.52. The van der Waals surface area contributed by atoms with Gasteiger partial charge in [0.05, 0.1) is 0 Å². The molecular formula is C10H17F3N2O. The van der Waals surface area contributed by atoms with E-state index in [4.69, 9.17) is 0 Å². The Bertz CT molecular complexity index is 241. The minimum atomic E-state index is -4.40. The van der Waals surface area contributed by atoms with Gasteiger partial charge in [0.15, 0.2) is 0 Å². The van der Waals surface area contributed by atoms with Crippen LogP contribution in [0.2, 0.25) is 0 Å². The minimum Gasteiger partial charge on any atom is -0.338 e. The van der Waals surface area contributed by atoms with E-state index in [2.05, 4.69) is 5.32 Å². The molecule has 16 heavy (non-hydrogen) atoms. The maximum atomic E-state index is 12.1. The van der Waals surface area contributed by atoms with Crippen LogP contribution in [0.25, 0.3) is 0 Å². The third-order valence-corrected chi connectivity index (χ3v) is 2.74. The maximum absolute atomic E-state index is 12.1. The quantitative estimate of drug-likeness (QED) is 0.809. The van der Waals surface area contributed by atoms with Crippen molar-refractivity contribution in [3.05, 3.63) is 0 Å². The van der Waals surface area contributed by atoms with Gasteiger partial charge < -0.3 is 10.2 Å². The second-order valence-electron chi connectivity index (χ2n) is 4.09. The van der Waals surface area contributed by atoms with Crippen molar-refractivity contribution in [3.63, 3.8) is 0 Å². The standard InChI is InChI=1S/C10H17F3N2O/c1-14-7-8-4-2-3-5-15(8)9(16)6-10(11,12)13/h8,14H,2-7H2,1H3. The summed E-state index contributed by atoms with van der Waals surface area (Å²) in [5.41, 5.74) is 0. The molecule has 1 saturated heterocycles. The molecule has 1 N–H and O–H groups in total. The van der Waals surface area contributed by atoms with Crippen LogP contribution >= 0.6 is 0 Å². The molecule has 0 spiro atoms. The molecule has 1 aliphatic heterocycles. The van der Waals surface area contributed by atoms with Crippen molar-refractivity contribution in [1.82, 2.24) is 10.2 Å². The van der Waals surface area contributed by atoms with Gasteiger partial charge in [0, 0.05) is 19.1 Å². The summed E-state index contributed by atoms with van der Waals surface area (Å²) in [6.45, 7) is 1.00. The predicted octanol–water partition coefficient (Wildman–Crippen LogP) is 1.54. The van der Waals surface area contributed by atoms with Gasteiger partial charge >= 0.3 is 6.18 Å². The van der Waals surface area contributed by atoms with Crippen molar-refractivity contribution < 1.29 is 18.0 Å². The molecule has 0 aromatic carbocycles. The number of carbonyl (C=O) groups is 1. The Balaban J connectivity index is 2.57. The monoisotopic (exact) mass is 238 g/mol. The first-order valence-corrected chi connectivity index (χ1v) is 5.45. The highest BCUT2D eigenvalue weighted by molar-refractivity contribution is 5.77. The van der Waals surface area contributed by atoms with Crippen LogP contribution in [0.5, 0.6) is 0 Å². The SMILES string of the molecule is CNCC1CCCCN1C(=O)CC(F)(F)F. The molecular weight excluding hydrogens is 221 g/mol. The van der Waals surface area contributed by atoms with Crippen molar-refractivity contribution in [2.24, 2.45) is 0 Å². The number of piperidine rings is 1. The number of likely N-dealkylation sites (N-methyl/N-ethyl adjacent to an activating group) is 1. The van der Waals surface area contributed by atoms with E-state index in [9.17, 15) is 18.0 Å². The van der Waals surface area contributed by atoms with Crippen LogP contribution in [-0.2, 0) is 4.79 Å². The molecule has 1 rings (SSSR count). The molecule has 0 aromatic heterocycles. The molecule has 1 aliphatic rings. The van der Waals surface area contributed by atoms with E-state index in [1.54, 1.807) is 7.05 Å². The largest absolute Gasteiger partial charge is 0.397 e. The van der Waals surface area contributed by atoms with Gasteiger partial charge in [-0.05, 0) is 26.3 Å². The summed E-state index contributed by atoms with van der Waals surface area (Å²) in [4.78, 5) is 12.8. The Kier molecular flexibility index (Phi) is 4.58. The van der Waals surface area contributed by atoms with E-state index < -0.39 is 18.5 Å². The number of carbonyl (C=O) groups excluding carboxylic acids is 1. The van der Waals surface area contributed by atoms with Crippen LogP contribution in [0.4, 0.5) is 13.2 Å². The second-order valence-corrected chi connectivity index (χ2v) is 4.09. The summed E-state index contributed by atoms with van der Waals surface area (Å²) in [7, 11) is 1.74. The van der Waals surface area contributed by atoms with Gasteiger partial charge in [-0.25, -0.2) is 0 Å². The topological polar surface area (TPSA) is 32.3 Å². The fraction of sp³-hybridized carbons (Fsp3) is 0.900. The first-order valence-electron chi connectivity index (χ1n) is 5.45. The maximum Gasteiger partial charge on any atom is 0.397 e. The van der Waals surface area contributed by atoms with E-state index in [0.717, 1.165) is 19.3 Å². The van der Waals surface area contributed by atoms with E-state index in [1.807, 2.05) is 0 Å². The predicted molar refractivity (Wildman–Crippen MR) is 54.0 cm³/mol. The molecule has 1 atom stereocenters. The number of hydrogen-bond acceptors (Lipinski definition) is 2. The van der Waals surface area contributed by atoms with Crippen molar-refractivity contribution in [1.29, 1.82) is 0 Å². The normalized spacial score (nSPS) is 22.2. The van der Waals surface area contributed by atoms with Gasteiger partial charge in [0.1, 0.15) is 6.42 Å². The van der Waals surface area contributed by atoms with Gasteiger partial charge in [0.25, 0.3) is 0 Å². The van der Waals surface area contributed by atoms with Crippen molar-refractivity contribution in [2.45, 2.75) is 37.9 Å². The Morgan fingerprint density at radius 3 is 2.69 bits per heavy atom. The summed E-state index contributed by atoms with van der Waals surface area (Å²) < 4.78 is 36.3. The third-order valence-electron chi connectivity index (χ3n) is 2.74. The number of nitrogens with one attached hydrogen (secondary N) is 1. The lowest BCUT2D eigenvalue weighted by atomic mass is 10.0. The molecule has 0 radical (unpaired) electrons. The van der Waals surface area contributed by atoms with E-state index in [1.165, 1.54) is 4.90 Å². The van der Waals surface area contributed by atoms with Crippen LogP contribution in [-0.4, -0.2) is 43.2 Å². The zero-order valence-corrected chi connectivity index (χ0v) is 9.31. The van der Waals surface area contributed by atoms with Crippen LogP contribution in [0.3, 0.4) is 0 Å². The van der Waals surface area contributed by atoms with Gasteiger partial charge in [0.2, 0.25) is 5.91 Å². The highest BCUT2D eigenvalue weighted by Crippen LogP contribution is 2.24. The summed E-state index contributed by atoms with van der Waals surface area (Å²) >= 11 is 0. The fourth-order valence-electron chi connectivity index (χ4n) is 2.05. The molecule has 1 amide bonds. The Morgan fingerprint density at radius 2 is 2.12 bits per heavy atom. The Hall–Kier alpha value is -0.780. The Labute approximate surface area is 93.0 Å². The van der Waals surface area contributed by atoms with Crippen LogP contribution in [0, 0.1) is 0 Å². The fourth-order valence-corrected chi connectivity index (χ4v) is 2.05. The smallest absolute Gasteiger partial charge is 0.338 e. The van der Waals surface area contributed by atoms with Gasteiger partial charge in [-0.15, -0.1) is 0 Å². The third kappa shape index (κ3) is 4.00.